The minimum absolute atomic E-state index is 0.296. The zero-order chi connectivity index (χ0) is 16.7. The van der Waals surface area contributed by atoms with Crippen LogP contribution in [0.25, 0.3) is 0 Å². The van der Waals surface area contributed by atoms with Crippen molar-refractivity contribution < 1.29 is 5.11 Å². The summed E-state index contributed by atoms with van der Waals surface area (Å²) >= 11 is 0. The van der Waals surface area contributed by atoms with Crippen molar-refractivity contribution in [3.05, 3.63) is 71.3 Å². The number of piperidine rings is 1. The smallest absolute Gasteiger partial charge is 0.118 e. The lowest BCUT2D eigenvalue weighted by atomic mass is 9.61. The average Bonchev–Trinajstić information content (AvgIpc) is 2.62. The standard InChI is InChI=1S/C22H27NO/c1-16(2)23-13-12-21-18(15-23)14-17-8-6-7-11-20(17)22(21,24)19-9-4-3-5-10-19/h3-11,16,18,21,24H,12-15H2,1-2H3. The summed E-state index contributed by atoms with van der Waals surface area (Å²) in [7, 11) is 0. The zero-order valence-electron chi connectivity index (χ0n) is 14.7. The molecule has 2 aromatic carbocycles. The van der Waals surface area contributed by atoms with E-state index >= 15 is 0 Å². The third kappa shape index (κ3) is 2.40. The molecule has 1 aliphatic carbocycles. The Labute approximate surface area is 145 Å². The van der Waals surface area contributed by atoms with Crippen LogP contribution < -0.4 is 0 Å². The Morgan fingerprint density at radius 2 is 1.75 bits per heavy atom. The number of likely N-dealkylation sites (tertiary alicyclic amines) is 1. The first kappa shape index (κ1) is 15.9. The van der Waals surface area contributed by atoms with Gasteiger partial charge in [-0.2, -0.15) is 0 Å². The molecule has 0 saturated carbocycles. The molecular formula is C22H27NO. The second kappa shape index (κ2) is 6.02. The Balaban J connectivity index is 1.82. The molecule has 0 spiro atoms. The van der Waals surface area contributed by atoms with Gasteiger partial charge in [0.1, 0.15) is 5.60 Å². The Bertz CT molecular complexity index is 711. The first-order valence-corrected chi connectivity index (χ1v) is 9.21. The molecule has 2 nitrogen and oxygen atoms in total. The topological polar surface area (TPSA) is 23.5 Å². The van der Waals surface area contributed by atoms with Crippen molar-refractivity contribution in [1.82, 2.24) is 4.90 Å². The maximum atomic E-state index is 12.0. The van der Waals surface area contributed by atoms with E-state index < -0.39 is 5.60 Å². The molecule has 0 aromatic heterocycles. The number of fused-ring (bicyclic) bond motifs is 2. The van der Waals surface area contributed by atoms with Crippen LogP contribution in [0.15, 0.2) is 54.6 Å². The SMILES string of the molecule is CC(C)N1CCC2C(Cc3ccccc3C2(O)c2ccccc2)C1. The van der Waals surface area contributed by atoms with Crippen LogP contribution in [0.2, 0.25) is 0 Å². The summed E-state index contributed by atoms with van der Waals surface area (Å²) in [4.78, 5) is 2.57. The second-order valence-electron chi connectivity index (χ2n) is 7.74. The predicted molar refractivity (Wildman–Crippen MR) is 97.9 cm³/mol. The molecule has 2 heteroatoms. The fraction of sp³-hybridized carbons (Fsp3) is 0.455. The van der Waals surface area contributed by atoms with Crippen molar-refractivity contribution in [2.24, 2.45) is 11.8 Å². The van der Waals surface area contributed by atoms with E-state index in [9.17, 15) is 5.11 Å². The Hall–Kier alpha value is -1.64. The summed E-state index contributed by atoms with van der Waals surface area (Å²) in [6.07, 6.45) is 2.14. The molecule has 1 aliphatic heterocycles. The molecule has 2 aromatic rings. The van der Waals surface area contributed by atoms with E-state index in [-0.39, 0.29) is 0 Å². The van der Waals surface area contributed by atoms with Crippen LogP contribution in [0.5, 0.6) is 0 Å². The number of hydrogen-bond donors (Lipinski definition) is 1. The lowest BCUT2D eigenvalue weighted by Crippen LogP contribution is -2.54. The van der Waals surface area contributed by atoms with Crippen molar-refractivity contribution in [3.8, 4) is 0 Å². The molecule has 126 valence electrons. The van der Waals surface area contributed by atoms with E-state index in [0.717, 1.165) is 37.1 Å². The summed E-state index contributed by atoms with van der Waals surface area (Å²) in [5, 5.41) is 12.0. The first-order valence-electron chi connectivity index (χ1n) is 9.21. The molecule has 1 heterocycles. The number of aliphatic hydroxyl groups is 1. The summed E-state index contributed by atoms with van der Waals surface area (Å²) in [5.41, 5.74) is 2.63. The summed E-state index contributed by atoms with van der Waals surface area (Å²) in [6, 6.07) is 19.4. The highest BCUT2D eigenvalue weighted by atomic mass is 16.3. The second-order valence-corrected chi connectivity index (χ2v) is 7.74. The minimum atomic E-state index is -0.857. The minimum Gasteiger partial charge on any atom is -0.380 e. The van der Waals surface area contributed by atoms with Gasteiger partial charge < -0.3 is 10.0 Å². The molecule has 4 rings (SSSR count). The van der Waals surface area contributed by atoms with Crippen molar-refractivity contribution in [1.29, 1.82) is 0 Å². The van der Waals surface area contributed by atoms with Gasteiger partial charge in [0, 0.05) is 18.5 Å². The van der Waals surface area contributed by atoms with Gasteiger partial charge in [0.2, 0.25) is 0 Å². The predicted octanol–water partition coefficient (Wildman–Crippen LogP) is 3.83. The lowest BCUT2D eigenvalue weighted by molar-refractivity contribution is -0.0604. The van der Waals surface area contributed by atoms with Crippen LogP contribution in [0.3, 0.4) is 0 Å². The Kier molecular flexibility index (Phi) is 3.98. The van der Waals surface area contributed by atoms with Crippen LogP contribution in [0, 0.1) is 11.8 Å². The van der Waals surface area contributed by atoms with Gasteiger partial charge in [0.05, 0.1) is 0 Å². The van der Waals surface area contributed by atoms with Gasteiger partial charge in [0.15, 0.2) is 0 Å². The van der Waals surface area contributed by atoms with E-state index in [1.165, 1.54) is 5.56 Å². The van der Waals surface area contributed by atoms with Crippen molar-refractivity contribution in [2.75, 3.05) is 13.1 Å². The quantitative estimate of drug-likeness (QED) is 0.909. The van der Waals surface area contributed by atoms with Gasteiger partial charge in [-0.1, -0.05) is 54.6 Å². The zero-order valence-corrected chi connectivity index (χ0v) is 14.7. The normalized spacial score (nSPS) is 30.0. The molecule has 24 heavy (non-hydrogen) atoms. The van der Waals surface area contributed by atoms with E-state index in [0.29, 0.717) is 17.9 Å². The van der Waals surface area contributed by atoms with Crippen LogP contribution in [-0.2, 0) is 12.0 Å². The highest BCUT2D eigenvalue weighted by Gasteiger charge is 2.50. The number of rotatable bonds is 2. The fourth-order valence-corrected chi connectivity index (χ4v) is 4.90. The maximum absolute atomic E-state index is 12.0. The first-order chi connectivity index (χ1) is 11.6. The van der Waals surface area contributed by atoms with E-state index in [1.807, 2.05) is 18.2 Å². The number of nitrogens with zero attached hydrogens (tertiary/aromatic N) is 1. The molecule has 3 atom stereocenters. The molecule has 0 bridgehead atoms. The van der Waals surface area contributed by atoms with Crippen molar-refractivity contribution in [3.63, 3.8) is 0 Å². The third-order valence-corrected chi connectivity index (χ3v) is 6.16. The lowest BCUT2D eigenvalue weighted by Gasteiger charge is -2.51. The summed E-state index contributed by atoms with van der Waals surface area (Å²) in [6.45, 7) is 6.73. The summed E-state index contributed by atoms with van der Waals surface area (Å²) in [5.74, 6) is 0.811. The number of benzene rings is 2. The Morgan fingerprint density at radius 3 is 2.50 bits per heavy atom. The summed E-state index contributed by atoms with van der Waals surface area (Å²) < 4.78 is 0. The molecule has 1 saturated heterocycles. The molecule has 1 N–H and O–H groups in total. The van der Waals surface area contributed by atoms with Crippen LogP contribution >= 0.6 is 0 Å². The van der Waals surface area contributed by atoms with Crippen LogP contribution in [0.4, 0.5) is 0 Å². The maximum Gasteiger partial charge on any atom is 0.118 e. The monoisotopic (exact) mass is 321 g/mol. The Morgan fingerprint density at radius 1 is 1.04 bits per heavy atom. The third-order valence-electron chi connectivity index (χ3n) is 6.16. The van der Waals surface area contributed by atoms with Gasteiger partial charge in [-0.15, -0.1) is 0 Å². The highest BCUT2D eigenvalue weighted by Crippen LogP contribution is 2.50. The molecule has 2 aliphatic rings. The largest absolute Gasteiger partial charge is 0.380 e. The molecule has 3 unspecified atom stereocenters. The fourth-order valence-electron chi connectivity index (χ4n) is 4.90. The molecule has 0 radical (unpaired) electrons. The van der Waals surface area contributed by atoms with Crippen molar-refractivity contribution >= 4 is 0 Å². The van der Waals surface area contributed by atoms with E-state index in [2.05, 4.69) is 55.1 Å². The van der Waals surface area contributed by atoms with Gasteiger partial charge in [-0.05, 0) is 55.8 Å². The van der Waals surface area contributed by atoms with Gasteiger partial charge in [0.25, 0.3) is 0 Å². The van der Waals surface area contributed by atoms with Gasteiger partial charge in [-0.3, -0.25) is 0 Å². The van der Waals surface area contributed by atoms with Crippen LogP contribution in [0.1, 0.15) is 37.0 Å². The average molecular weight is 321 g/mol. The van der Waals surface area contributed by atoms with Crippen molar-refractivity contribution in [2.45, 2.75) is 38.3 Å². The molecule has 1 fully saturated rings. The number of hydrogen-bond acceptors (Lipinski definition) is 2. The highest BCUT2D eigenvalue weighted by molar-refractivity contribution is 5.44. The van der Waals surface area contributed by atoms with Crippen LogP contribution in [-0.4, -0.2) is 29.1 Å². The van der Waals surface area contributed by atoms with E-state index in [4.69, 9.17) is 0 Å². The molecule has 0 amide bonds. The van der Waals surface area contributed by atoms with Gasteiger partial charge in [-0.25, -0.2) is 0 Å². The molecular weight excluding hydrogens is 294 g/mol. The van der Waals surface area contributed by atoms with Gasteiger partial charge >= 0.3 is 0 Å². The van der Waals surface area contributed by atoms with E-state index in [1.54, 1.807) is 0 Å².